The van der Waals surface area contributed by atoms with Gasteiger partial charge in [-0.3, -0.25) is 0 Å². The van der Waals surface area contributed by atoms with E-state index in [1.165, 1.54) is 81.2 Å². The fraction of sp³-hybridized carbons (Fsp3) is 0.650. The molecule has 0 aromatic carbocycles. The van der Waals surface area contributed by atoms with Crippen LogP contribution in [-0.2, 0) is 13.0 Å². The molecular weight excluding hydrogens is 290 g/mol. The largest absolute Gasteiger partial charge is 1.00 e. The molecule has 1 aliphatic rings. The van der Waals surface area contributed by atoms with Gasteiger partial charge < -0.3 is 12.4 Å². The van der Waals surface area contributed by atoms with Crippen LogP contribution in [-0.4, -0.2) is 0 Å². The number of halogens is 1. The van der Waals surface area contributed by atoms with Crippen LogP contribution in [0.3, 0.4) is 0 Å². The van der Waals surface area contributed by atoms with E-state index in [0.29, 0.717) is 0 Å². The van der Waals surface area contributed by atoms with Crippen LogP contribution in [0.2, 0.25) is 0 Å². The first-order chi connectivity index (χ1) is 10.2. The van der Waals surface area contributed by atoms with Crippen molar-refractivity contribution in [3.8, 4) is 0 Å². The maximum atomic E-state index is 2.51. The van der Waals surface area contributed by atoms with Gasteiger partial charge in [0.2, 0.25) is 0 Å². The normalized spacial score (nSPS) is 13.4. The highest BCUT2D eigenvalue weighted by Gasteiger charge is 2.25. The molecule has 0 atom stereocenters. The monoisotopic (exact) mass is 321 g/mol. The van der Waals surface area contributed by atoms with Crippen molar-refractivity contribution in [3.63, 3.8) is 0 Å². The maximum Gasteiger partial charge on any atom is 0.189 e. The van der Waals surface area contributed by atoms with Gasteiger partial charge in [-0.2, -0.15) is 4.57 Å². The molecule has 0 amide bonds. The number of hydrogen-bond acceptors (Lipinski definition) is 0. The zero-order valence-electron chi connectivity index (χ0n) is 14.6. The van der Waals surface area contributed by atoms with Gasteiger partial charge in [-0.05, 0) is 25.3 Å². The predicted octanol–water partition coefficient (Wildman–Crippen LogP) is 2.30. The third-order valence-corrected chi connectivity index (χ3v) is 4.72. The summed E-state index contributed by atoms with van der Waals surface area (Å²) in [5.41, 5.74) is 5.92. The molecule has 0 aliphatic carbocycles. The van der Waals surface area contributed by atoms with E-state index < -0.39 is 0 Å². The SMILES string of the molecule is CCCCCCCC/C=C\c1c(C)cc(C)[n+]2c1CCC2.[Cl-]. The zero-order valence-corrected chi connectivity index (χ0v) is 15.4. The van der Waals surface area contributed by atoms with E-state index in [1.54, 1.807) is 5.69 Å². The lowest BCUT2D eigenvalue weighted by Gasteiger charge is -2.05. The van der Waals surface area contributed by atoms with Gasteiger partial charge in [0.15, 0.2) is 11.4 Å². The number of fused-ring (bicyclic) bond motifs is 1. The standard InChI is InChI=1S/C20H32N.ClH/c1-4-5-6-7-8-9-10-11-13-19-17(2)16-18(3)21-15-12-14-20(19)21;/h11,13,16H,4-10,12,14-15H2,1-3H3;1H/q+1;/p-1/b13-11-;. The highest BCUT2D eigenvalue weighted by Crippen LogP contribution is 2.20. The summed E-state index contributed by atoms with van der Waals surface area (Å²) in [6.07, 6.45) is 16.9. The number of hydrogen-bond donors (Lipinski definition) is 0. The number of aryl methyl sites for hydroxylation is 2. The summed E-state index contributed by atoms with van der Waals surface area (Å²) < 4.78 is 2.51. The number of pyridine rings is 1. The van der Waals surface area contributed by atoms with Gasteiger partial charge in [-0.15, -0.1) is 0 Å². The van der Waals surface area contributed by atoms with E-state index in [0.717, 1.165) is 0 Å². The van der Waals surface area contributed by atoms with Gasteiger partial charge in [-0.25, -0.2) is 0 Å². The zero-order chi connectivity index (χ0) is 15.1. The molecule has 0 unspecified atom stereocenters. The van der Waals surface area contributed by atoms with Gasteiger partial charge >= 0.3 is 0 Å². The Morgan fingerprint density at radius 2 is 1.82 bits per heavy atom. The van der Waals surface area contributed by atoms with E-state index >= 15 is 0 Å². The van der Waals surface area contributed by atoms with Crippen LogP contribution in [0.1, 0.15) is 80.8 Å². The number of nitrogens with zero attached hydrogens (tertiary/aromatic N) is 1. The second-order valence-corrected chi connectivity index (χ2v) is 6.54. The lowest BCUT2D eigenvalue weighted by Crippen LogP contribution is -3.00. The number of rotatable bonds is 8. The molecule has 1 aliphatic heterocycles. The second-order valence-electron chi connectivity index (χ2n) is 6.54. The Bertz CT molecular complexity index is 491. The molecule has 2 heteroatoms. The van der Waals surface area contributed by atoms with Crippen LogP contribution in [0.4, 0.5) is 0 Å². The van der Waals surface area contributed by atoms with Gasteiger partial charge in [0.25, 0.3) is 0 Å². The third-order valence-electron chi connectivity index (χ3n) is 4.72. The van der Waals surface area contributed by atoms with E-state index in [9.17, 15) is 0 Å². The molecule has 0 bridgehead atoms. The molecule has 2 heterocycles. The molecule has 2 rings (SSSR count). The minimum atomic E-state index is 0. The molecule has 1 aromatic rings. The topological polar surface area (TPSA) is 3.88 Å². The third kappa shape index (κ3) is 5.12. The number of allylic oxidation sites excluding steroid dienone is 1. The lowest BCUT2D eigenvalue weighted by atomic mass is 10.0. The van der Waals surface area contributed by atoms with E-state index in [-0.39, 0.29) is 12.4 Å². The molecule has 22 heavy (non-hydrogen) atoms. The Labute approximate surface area is 143 Å². The fourth-order valence-electron chi connectivity index (χ4n) is 3.51. The van der Waals surface area contributed by atoms with Crippen molar-refractivity contribution in [2.45, 2.75) is 85.1 Å². The molecule has 0 saturated heterocycles. The summed E-state index contributed by atoms with van der Waals surface area (Å²) >= 11 is 0. The Morgan fingerprint density at radius 1 is 1.09 bits per heavy atom. The molecule has 0 radical (unpaired) electrons. The molecule has 0 saturated carbocycles. The average Bonchev–Trinajstić information content (AvgIpc) is 2.94. The summed E-state index contributed by atoms with van der Waals surface area (Å²) in [6.45, 7) is 7.99. The number of aromatic nitrogens is 1. The molecule has 1 nitrogen and oxygen atoms in total. The molecule has 1 aromatic heterocycles. The summed E-state index contributed by atoms with van der Waals surface area (Å²) in [4.78, 5) is 0. The van der Waals surface area contributed by atoms with E-state index in [4.69, 9.17) is 0 Å². The van der Waals surface area contributed by atoms with Crippen LogP contribution >= 0.6 is 0 Å². The fourth-order valence-corrected chi connectivity index (χ4v) is 3.51. The van der Waals surface area contributed by atoms with Gasteiger partial charge in [0.05, 0.1) is 0 Å². The van der Waals surface area contributed by atoms with Crippen molar-refractivity contribution >= 4 is 6.08 Å². The van der Waals surface area contributed by atoms with Crippen LogP contribution in [0.25, 0.3) is 6.08 Å². The Morgan fingerprint density at radius 3 is 2.59 bits per heavy atom. The Hall–Kier alpha value is -0.820. The number of unbranched alkanes of at least 4 members (excludes halogenated alkanes) is 6. The van der Waals surface area contributed by atoms with Crippen LogP contribution < -0.4 is 17.0 Å². The predicted molar refractivity (Wildman–Crippen MR) is 91.5 cm³/mol. The van der Waals surface area contributed by atoms with Crippen molar-refractivity contribution in [1.82, 2.24) is 0 Å². The second kappa shape index (κ2) is 10.0. The van der Waals surface area contributed by atoms with Crippen molar-refractivity contribution in [2.24, 2.45) is 0 Å². The summed E-state index contributed by atoms with van der Waals surface area (Å²) in [5.74, 6) is 0. The van der Waals surface area contributed by atoms with E-state index in [2.05, 4.69) is 43.6 Å². The molecular formula is C20H32ClN. The minimum absolute atomic E-state index is 0. The first-order valence-corrected chi connectivity index (χ1v) is 8.93. The summed E-state index contributed by atoms with van der Waals surface area (Å²) in [7, 11) is 0. The maximum absolute atomic E-state index is 2.51. The van der Waals surface area contributed by atoms with Gasteiger partial charge in [0.1, 0.15) is 6.54 Å². The van der Waals surface area contributed by atoms with Crippen LogP contribution in [0.5, 0.6) is 0 Å². The summed E-state index contributed by atoms with van der Waals surface area (Å²) in [6, 6.07) is 2.35. The smallest absolute Gasteiger partial charge is 0.189 e. The lowest BCUT2D eigenvalue weighted by molar-refractivity contribution is -0.696. The molecule has 0 N–H and O–H groups in total. The van der Waals surface area contributed by atoms with Crippen molar-refractivity contribution in [1.29, 1.82) is 0 Å². The van der Waals surface area contributed by atoms with Crippen molar-refractivity contribution in [3.05, 3.63) is 34.7 Å². The summed E-state index contributed by atoms with van der Waals surface area (Å²) in [5, 5.41) is 0. The Kier molecular flexibility index (Phi) is 8.78. The van der Waals surface area contributed by atoms with Crippen LogP contribution in [0.15, 0.2) is 12.1 Å². The van der Waals surface area contributed by atoms with Crippen molar-refractivity contribution < 1.29 is 17.0 Å². The van der Waals surface area contributed by atoms with Crippen LogP contribution in [0, 0.1) is 13.8 Å². The van der Waals surface area contributed by atoms with Crippen molar-refractivity contribution in [2.75, 3.05) is 0 Å². The molecule has 0 fully saturated rings. The first kappa shape index (κ1) is 19.2. The van der Waals surface area contributed by atoms with Gasteiger partial charge in [-0.1, -0.05) is 51.2 Å². The first-order valence-electron chi connectivity index (χ1n) is 8.93. The van der Waals surface area contributed by atoms with Gasteiger partial charge in [0, 0.05) is 31.4 Å². The quantitative estimate of drug-likeness (QED) is 0.511. The van der Waals surface area contributed by atoms with E-state index in [1.807, 2.05) is 0 Å². The Balaban J connectivity index is 0.00000242. The molecule has 124 valence electrons. The highest BCUT2D eigenvalue weighted by molar-refractivity contribution is 5.55. The minimum Gasteiger partial charge on any atom is -1.00 e. The average molecular weight is 322 g/mol. The molecule has 0 spiro atoms. The highest BCUT2D eigenvalue weighted by atomic mass is 35.5.